The lowest BCUT2D eigenvalue weighted by molar-refractivity contribution is -0.156. The van der Waals surface area contributed by atoms with E-state index in [1.807, 2.05) is 0 Å². The fraction of sp³-hybridized carbons (Fsp3) is 0.700. The fourth-order valence-corrected chi connectivity index (χ4v) is 1.91. The third-order valence-electron chi connectivity index (χ3n) is 2.59. The van der Waals surface area contributed by atoms with Gasteiger partial charge in [-0.2, -0.15) is 17.6 Å². The number of carbonyl (C=O) groups excluding carboxylic acids is 1. The summed E-state index contributed by atoms with van der Waals surface area (Å²) >= 11 is 0. The van der Waals surface area contributed by atoms with Gasteiger partial charge in [0.1, 0.15) is 0 Å². The molecule has 0 atom stereocenters. The van der Waals surface area contributed by atoms with E-state index < -0.39 is 29.4 Å². The molecule has 0 N–H and O–H groups in total. The van der Waals surface area contributed by atoms with Crippen molar-refractivity contribution in [1.82, 2.24) is 0 Å². The van der Waals surface area contributed by atoms with Crippen LogP contribution < -0.4 is 0 Å². The van der Waals surface area contributed by atoms with Gasteiger partial charge in [-0.05, 0) is 25.7 Å². The lowest BCUT2D eigenvalue weighted by Gasteiger charge is -2.27. The maximum atomic E-state index is 13.5. The zero-order valence-electron chi connectivity index (χ0n) is 9.03. The average molecular weight is 258 g/mol. The van der Waals surface area contributed by atoms with Crippen LogP contribution in [0.2, 0.25) is 0 Å². The molecule has 1 aliphatic rings. The fourth-order valence-electron chi connectivity index (χ4n) is 1.91. The first kappa shape index (κ1) is 13.9. The van der Waals surface area contributed by atoms with Gasteiger partial charge >= 0.3 is 12.1 Å². The highest BCUT2D eigenvalue weighted by molar-refractivity contribution is 5.67. The van der Waals surface area contributed by atoms with E-state index in [1.165, 1.54) is 0 Å². The summed E-state index contributed by atoms with van der Waals surface area (Å²) < 4.78 is 67.1. The van der Waals surface area contributed by atoms with E-state index in [0.29, 0.717) is 12.8 Å². The van der Waals surface area contributed by atoms with Crippen LogP contribution in [0.1, 0.15) is 32.6 Å². The number of hydrogen-bond acceptors (Lipinski definition) is 2. The number of alkyl halides is 3. The van der Waals surface area contributed by atoms with Gasteiger partial charge in [-0.1, -0.05) is 0 Å². The van der Waals surface area contributed by atoms with Crippen molar-refractivity contribution in [2.75, 3.05) is 0 Å². The van der Waals surface area contributed by atoms with Gasteiger partial charge in [-0.25, -0.2) is 4.39 Å². The van der Waals surface area contributed by atoms with E-state index in [1.54, 1.807) is 0 Å². The van der Waals surface area contributed by atoms with E-state index >= 15 is 0 Å². The maximum Gasteiger partial charge on any atom is 0.445 e. The molecular weight excluding hydrogens is 247 g/mol. The third kappa shape index (κ3) is 2.95. The van der Waals surface area contributed by atoms with Crippen molar-refractivity contribution >= 4 is 5.97 Å². The largest absolute Gasteiger partial charge is 0.452 e. The molecule has 1 rings (SSSR count). The van der Waals surface area contributed by atoms with Crippen molar-refractivity contribution in [3.05, 3.63) is 11.7 Å². The van der Waals surface area contributed by atoms with Gasteiger partial charge in [0, 0.05) is 6.92 Å². The Labute approximate surface area is 94.4 Å². The van der Waals surface area contributed by atoms with Crippen LogP contribution >= 0.6 is 0 Å². The number of halogens is 5. The second-order valence-corrected chi connectivity index (χ2v) is 3.92. The van der Waals surface area contributed by atoms with Crippen LogP contribution in [0.15, 0.2) is 11.7 Å². The van der Waals surface area contributed by atoms with Crippen LogP contribution in [0, 0.1) is 0 Å². The highest BCUT2D eigenvalue weighted by Crippen LogP contribution is 2.44. The summed E-state index contributed by atoms with van der Waals surface area (Å²) in [6.45, 7) is 0.943. The molecule has 98 valence electrons. The molecule has 0 aliphatic heterocycles. The minimum atomic E-state index is -5.40. The molecule has 0 saturated heterocycles. The van der Waals surface area contributed by atoms with E-state index in [9.17, 15) is 26.7 Å². The number of rotatable bonds is 2. The van der Waals surface area contributed by atoms with Gasteiger partial charge in [0.2, 0.25) is 5.83 Å². The Balaban J connectivity index is 3.11. The summed E-state index contributed by atoms with van der Waals surface area (Å²) in [5.74, 6) is -5.78. The summed E-state index contributed by atoms with van der Waals surface area (Å²) in [4.78, 5) is 10.8. The number of ether oxygens (including phenoxy) is 1. The number of esters is 1. The highest BCUT2D eigenvalue weighted by Gasteiger charge is 2.49. The van der Waals surface area contributed by atoms with Crippen LogP contribution in [0.25, 0.3) is 0 Å². The van der Waals surface area contributed by atoms with Crippen LogP contribution in [-0.4, -0.2) is 17.7 Å². The highest BCUT2D eigenvalue weighted by atomic mass is 19.4. The van der Waals surface area contributed by atoms with Crippen molar-refractivity contribution in [3.8, 4) is 0 Å². The topological polar surface area (TPSA) is 26.3 Å². The molecule has 2 nitrogen and oxygen atoms in total. The Morgan fingerprint density at radius 1 is 1.18 bits per heavy atom. The molecule has 1 fully saturated rings. The molecule has 0 aromatic rings. The molecule has 1 aliphatic carbocycles. The first-order valence-corrected chi connectivity index (χ1v) is 5.01. The van der Waals surface area contributed by atoms with E-state index in [-0.39, 0.29) is 12.8 Å². The number of allylic oxidation sites excluding steroid dienone is 1. The minimum Gasteiger partial charge on any atom is -0.452 e. The summed E-state index contributed by atoms with van der Waals surface area (Å²) in [6.07, 6.45) is -4.92. The molecule has 0 heterocycles. The first-order chi connectivity index (χ1) is 7.69. The van der Waals surface area contributed by atoms with Crippen LogP contribution in [0.3, 0.4) is 0 Å². The van der Waals surface area contributed by atoms with Crippen molar-refractivity contribution in [2.45, 2.75) is 44.4 Å². The normalized spacial score (nSPS) is 21.1. The Kier molecular flexibility index (Phi) is 3.78. The lowest BCUT2D eigenvalue weighted by Crippen LogP contribution is -2.34. The quantitative estimate of drug-likeness (QED) is 0.559. The summed E-state index contributed by atoms with van der Waals surface area (Å²) in [5, 5.41) is 0. The molecule has 7 heteroatoms. The lowest BCUT2D eigenvalue weighted by atomic mass is 9.99. The second kappa shape index (κ2) is 4.62. The average Bonchev–Trinajstić information content (AvgIpc) is 2.62. The molecule has 0 spiro atoms. The van der Waals surface area contributed by atoms with Crippen molar-refractivity contribution in [2.24, 2.45) is 0 Å². The zero-order valence-corrected chi connectivity index (χ0v) is 9.03. The van der Waals surface area contributed by atoms with Crippen LogP contribution in [0.4, 0.5) is 22.0 Å². The van der Waals surface area contributed by atoms with Gasteiger partial charge in [-0.3, -0.25) is 4.79 Å². The van der Waals surface area contributed by atoms with Crippen molar-refractivity contribution in [3.63, 3.8) is 0 Å². The van der Waals surface area contributed by atoms with Gasteiger partial charge in [0.15, 0.2) is 11.4 Å². The summed E-state index contributed by atoms with van der Waals surface area (Å²) in [6, 6.07) is 0. The Bertz CT molecular complexity index is 339. The molecule has 0 radical (unpaired) electrons. The Morgan fingerprint density at radius 3 is 2.00 bits per heavy atom. The van der Waals surface area contributed by atoms with Gasteiger partial charge < -0.3 is 4.74 Å². The molecule has 0 aromatic carbocycles. The predicted molar refractivity (Wildman–Crippen MR) is 48.3 cm³/mol. The molecule has 0 bridgehead atoms. The van der Waals surface area contributed by atoms with Gasteiger partial charge in [0.25, 0.3) is 0 Å². The van der Waals surface area contributed by atoms with Crippen molar-refractivity contribution in [1.29, 1.82) is 0 Å². The molecular formula is C10H11F5O2. The predicted octanol–water partition coefficient (Wildman–Crippen LogP) is 3.58. The van der Waals surface area contributed by atoms with E-state index in [0.717, 1.165) is 6.92 Å². The van der Waals surface area contributed by atoms with Gasteiger partial charge in [0.05, 0.1) is 0 Å². The minimum absolute atomic E-state index is 0.137. The molecule has 17 heavy (non-hydrogen) atoms. The first-order valence-electron chi connectivity index (χ1n) is 5.01. The SMILES string of the molecule is CC(=O)OC1(/C(F)=C(/F)C(F)(F)F)CCCC1. The second-order valence-electron chi connectivity index (χ2n) is 3.92. The molecule has 0 aromatic heterocycles. The van der Waals surface area contributed by atoms with Crippen LogP contribution in [-0.2, 0) is 9.53 Å². The standard InChI is InChI=1S/C10H11F5O2/c1-6(16)17-9(4-2-3-5-9)7(11)8(12)10(13,14)15/h2-5H2,1H3/b8-7-. The molecule has 0 unspecified atom stereocenters. The maximum absolute atomic E-state index is 13.5. The summed E-state index contributed by atoms with van der Waals surface area (Å²) in [5.41, 5.74) is -2.08. The smallest absolute Gasteiger partial charge is 0.445 e. The zero-order chi connectivity index (χ0) is 13.3. The summed E-state index contributed by atoms with van der Waals surface area (Å²) in [7, 11) is 0. The Morgan fingerprint density at radius 2 is 1.65 bits per heavy atom. The number of carbonyl (C=O) groups is 1. The van der Waals surface area contributed by atoms with Crippen LogP contribution in [0.5, 0.6) is 0 Å². The molecule has 0 amide bonds. The molecule has 1 saturated carbocycles. The van der Waals surface area contributed by atoms with E-state index in [2.05, 4.69) is 4.74 Å². The van der Waals surface area contributed by atoms with Crippen molar-refractivity contribution < 1.29 is 31.5 Å². The number of hydrogen-bond donors (Lipinski definition) is 0. The monoisotopic (exact) mass is 258 g/mol. The Hall–Kier alpha value is -1.14. The van der Waals surface area contributed by atoms with Gasteiger partial charge in [-0.15, -0.1) is 0 Å². The third-order valence-corrected chi connectivity index (χ3v) is 2.59. The van der Waals surface area contributed by atoms with E-state index in [4.69, 9.17) is 0 Å².